The zero-order valence-corrected chi connectivity index (χ0v) is 9.33. The normalized spacial score (nSPS) is 20.7. The quantitative estimate of drug-likeness (QED) is 0.813. The van der Waals surface area contributed by atoms with Gasteiger partial charge in [0, 0.05) is 6.54 Å². The Balaban J connectivity index is 1.86. The van der Waals surface area contributed by atoms with E-state index in [1.807, 2.05) is 0 Å². The molecule has 0 aromatic heterocycles. The van der Waals surface area contributed by atoms with Crippen LogP contribution in [-0.4, -0.2) is 19.2 Å². The van der Waals surface area contributed by atoms with E-state index in [0.29, 0.717) is 6.10 Å². The second kappa shape index (κ2) is 5.29. The molecule has 0 bridgehead atoms. The van der Waals surface area contributed by atoms with Crippen molar-refractivity contribution in [2.45, 2.75) is 32.5 Å². The summed E-state index contributed by atoms with van der Waals surface area (Å²) in [6.07, 6.45) is 2.65. The molecule has 1 fully saturated rings. The van der Waals surface area contributed by atoms with Crippen LogP contribution in [0, 0.1) is 0 Å². The minimum Gasteiger partial charge on any atom is -0.372 e. The van der Waals surface area contributed by atoms with Crippen molar-refractivity contribution in [3.8, 4) is 0 Å². The van der Waals surface area contributed by atoms with E-state index in [1.165, 1.54) is 11.1 Å². The third-order valence-electron chi connectivity index (χ3n) is 2.90. The van der Waals surface area contributed by atoms with Crippen LogP contribution in [0.5, 0.6) is 0 Å². The van der Waals surface area contributed by atoms with Crippen molar-refractivity contribution in [1.29, 1.82) is 0 Å². The lowest BCUT2D eigenvalue weighted by molar-refractivity contribution is 0.0542. The summed E-state index contributed by atoms with van der Waals surface area (Å²) in [7, 11) is 0. The third kappa shape index (κ3) is 3.05. The van der Waals surface area contributed by atoms with E-state index < -0.39 is 0 Å². The van der Waals surface area contributed by atoms with Gasteiger partial charge in [0.1, 0.15) is 0 Å². The Kier molecular flexibility index (Phi) is 3.75. The fraction of sp³-hybridized carbons (Fsp3) is 0.538. The van der Waals surface area contributed by atoms with Crippen molar-refractivity contribution in [3.05, 3.63) is 35.4 Å². The molecule has 15 heavy (non-hydrogen) atoms. The average Bonchev–Trinajstić information content (AvgIpc) is 2.79. The topological polar surface area (TPSA) is 21.3 Å². The molecule has 1 heterocycles. The number of benzene rings is 1. The van der Waals surface area contributed by atoms with E-state index in [2.05, 4.69) is 36.5 Å². The molecule has 2 heteroatoms. The Morgan fingerprint density at radius 2 is 2.27 bits per heavy atom. The first-order valence-electron chi connectivity index (χ1n) is 5.78. The molecule has 1 aliphatic heterocycles. The molecule has 0 radical (unpaired) electrons. The largest absolute Gasteiger partial charge is 0.372 e. The summed E-state index contributed by atoms with van der Waals surface area (Å²) < 4.78 is 5.83. The Bertz CT molecular complexity index is 305. The molecule has 1 atom stereocenters. The lowest BCUT2D eigenvalue weighted by Crippen LogP contribution is -2.16. The van der Waals surface area contributed by atoms with E-state index in [1.54, 1.807) is 0 Å². The standard InChI is InChI=1S/C13H19NO/c1-2-11-4-3-5-12(8-11)10-15-13-6-7-14-9-13/h3-5,8,13-14H,2,6-7,9-10H2,1H3. The van der Waals surface area contributed by atoms with Crippen LogP contribution in [0.2, 0.25) is 0 Å². The smallest absolute Gasteiger partial charge is 0.0721 e. The van der Waals surface area contributed by atoms with Gasteiger partial charge in [0.2, 0.25) is 0 Å². The first-order chi connectivity index (χ1) is 7.38. The van der Waals surface area contributed by atoms with Crippen molar-refractivity contribution in [1.82, 2.24) is 5.32 Å². The van der Waals surface area contributed by atoms with Crippen LogP contribution < -0.4 is 5.32 Å². The highest BCUT2D eigenvalue weighted by Gasteiger charge is 2.14. The predicted molar refractivity (Wildman–Crippen MR) is 61.9 cm³/mol. The zero-order chi connectivity index (χ0) is 10.5. The molecule has 1 unspecified atom stereocenters. The lowest BCUT2D eigenvalue weighted by Gasteiger charge is -2.10. The zero-order valence-electron chi connectivity index (χ0n) is 9.33. The minimum atomic E-state index is 0.412. The number of rotatable bonds is 4. The predicted octanol–water partition coefficient (Wildman–Crippen LogP) is 2.13. The van der Waals surface area contributed by atoms with Gasteiger partial charge in [0.25, 0.3) is 0 Å². The molecule has 1 aromatic carbocycles. The third-order valence-corrected chi connectivity index (χ3v) is 2.90. The van der Waals surface area contributed by atoms with Gasteiger partial charge < -0.3 is 10.1 Å². The number of aryl methyl sites for hydroxylation is 1. The SMILES string of the molecule is CCc1cccc(COC2CCNC2)c1. The van der Waals surface area contributed by atoms with Crippen LogP contribution in [0.25, 0.3) is 0 Å². The van der Waals surface area contributed by atoms with Gasteiger partial charge in [-0.1, -0.05) is 31.2 Å². The second-order valence-corrected chi connectivity index (χ2v) is 4.10. The summed E-state index contributed by atoms with van der Waals surface area (Å²) in [4.78, 5) is 0. The van der Waals surface area contributed by atoms with E-state index in [9.17, 15) is 0 Å². The maximum atomic E-state index is 5.83. The number of hydrogen-bond donors (Lipinski definition) is 1. The molecule has 0 aliphatic carbocycles. The van der Waals surface area contributed by atoms with Gasteiger partial charge >= 0.3 is 0 Å². The van der Waals surface area contributed by atoms with Crippen molar-refractivity contribution >= 4 is 0 Å². The molecule has 0 saturated carbocycles. The van der Waals surface area contributed by atoms with Gasteiger partial charge in [-0.3, -0.25) is 0 Å². The number of nitrogens with one attached hydrogen (secondary N) is 1. The summed E-state index contributed by atoms with van der Waals surface area (Å²) in [5.41, 5.74) is 2.68. The van der Waals surface area contributed by atoms with Gasteiger partial charge in [-0.05, 0) is 30.5 Å². The summed E-state index contributed by atoms with van der Waals surface area (Å²) >= 11 is 0. The Labute approximate surface area is 91.6 Å². The van der Waals surface area contributed by atoms with Crippen LogP contribution in [0.15, 0.2) is 24.3 Å². The highest BCUT2D eigenvalue weighted by atomic mass is 16.5. The van der Waals surface area contributed by atoms with Crippen molar-refractivity contribution in [2.75, 3.05) is 13.1 Å². The molecular formula is C13H19NO. The van der Waals surface area contributed by atoms with Crippen LogP contribution >= 0.6 is 0 Å². The number of hydrogen-bond acceptors (Lipinski definition) is 2. The average molecular weight is 205 g/mol. The molecule has 2 nitrogen and oxygen atoms in total. The molecular weight excluding hydrogens is 186 g/mol. The second-order valence-electron chi connectivity index (χ2n) is 4.10. The molecule has 1 N–H and O–H groups in total. The summed E-state index contributed by atoms with van der Waals surface area (Å²) in [5, 5.41) is 3.31. The molecule has 82 valence electrons. The van der Waals surface area contributed by atoms with Gasteiger partial charge in [-0.15, -0.1) is 0 Å². The Morgan fingerprint density at radius 3 is 3.00 bits per heavy atom. The highest BCUT2D eigenvalue weighted by molar-refractivity contribution is 5.22. The molecule has 1 aliphatic rings. The van der Waals surface area contributed by atoms with Crippen molar-refractivity contribution in [2.24, 2.45) is 0 Å². The van der Waals surface area contributed by atoms with Crippen LogP contribution in [0.3, 0.4) is 0 Å². The van der Waals surface area contributed by atoms with E-state index in [0.717, 1.165) is 32.5 Å². The van der Waals surface area contributed by atoms with Crippen LogP contribution in [0.1, 0.15) is 24.5 Å². The van der Waals surface area contributed by atoms with Gasteiger partial charge in [-0.2, -0.15) is 0 Å². The molecule has 1 saturated heterocycles. The first kappa shape index (κ1) is 10.7. The minimum absolute atomic E-state index is 0.412. The Morgan fingerprint density at radius 1 is 1.40 bits per heavy atom. The molecule has 0 spiro atoms. The fourth-order valence-electron chi connectivity index (χ4n) is 1.92. The number of ether oxygens (including phenoxy) is 1. The van der Waals surface area contributed by atoms with Crippen LogP contribution in [0.4, 0.5) is 0 Å². The summed E-state index contributed by atoms with van der Waals surface area (Å²) in [5.74, 6) is 0. The maximum Gasteiger partial charge on any atom is 0.0721 e. The van der Waals surface area contributed by atoms with Crippen molar-refractivity contribution < 1.29 is 4.74 Å². The molecule has 0 amide bonds. The molecule has 1 aromatic rings. The van der Waals surface area contributed by atoms with Gasteiger partial charge in [0.15, 0.2) is 0 Å². The Hall–Kier alpha value is -0.860. The summed E-state index contributed by atoms with van der Waals surface area (Å²) in [6.45, 7) is 5.04. The first-order valence-corrected chi connectivity index (χ1v) is 5.78. The van der Waals surface area contributed by atoms with Gasteiger partial charge in [0.05, 0.1) is 12.7 Å². The molecule has 2 rings (SSSR count). The van der Waals surface area contributed by atoms with E-state index >= 15 is 0 Å². The summed E-state index contributed by atoms with van der Waals surface area (Å²) in [6, 6.07) is 8.66. The fourth-order valence-corrected chi connectivity index (χ4v) is 1.92. The van der Waals surface area contributed by atoms with Crippen LogP contribution in [-0.2, 0) is 17.8 Å². The van der Waals surface area contributed by atoms with E-state index in [4.69, 9.17) is 4.74 Å². The van der Waals surface area contributed by atoms with Crippen molar-refractivity contribution in [3.63, 3.8) is 0 Å². The maximum absolute atomic E-state index is 5.83. The highest BCUT2D eigenvalue weighted by Crippen LogP contribution is 2.10. The van der Waals surface area contributed by atoms with Gasteiger partial charge in [-0.25, -0.2) is 0 Å². The monoisotopic (exact) mass is 205 g/mol. The lowest BCUT2D eigenvalue weighted by atomic mass is 10.1. The van der Waals surface area contributed by atoms with E-state index in [-0.39, 0.29) is 0 Å².